The van der Waals surface area contributed by atoms with Crippen molar-refractivity contribution in [2.24, 2.45) is 0 Å². The molecule has 114 valence electrons. The molecule has 6 heteroatoms. The van der Waals surface area contributed by atoms with E-state index in [4.69, 9.17) is 0 Å². The van der Waals surface area contributed by atoms with Crippen molar-refractivity contribution in [1.82, 2.24) is 4.72 Å². The number of hydrogen-bond acceptors (Lipinski definition) is 4. The minimum Gasteiger partial charge on any atom is -0.391 e. The van der Waals surface area contributed by atoms with Gasteiger partial charge in [-0.25, -0.2) is 13.1 Å². The highest BCUT2D eigenvalue weighted by molar-refractivity contribution is 7.91. The molecule has 0 aliphatic heterocycles. The van der Waals surface area contributed by atoms with E-state index >= 15 is 0 Å². The van der Waals surface area contributed by atoms with Crippen LogP contribution in [0.25, 0.3) is 0 Å². The smallest absolute Gasteiger partial charge is 0.250 e. The van der Waals surface area contributed by atoms with Crippen molar-refractivity contribution in [2.75, 3.05) is 0 Å². The lowest BCUT2D eigenvalue weighted by Crippen LogP contribution is -2.26. The number of benzene rings is 1. The van der Waals surface area contributed by atoms with Gasteiger partial charge in [-0.05, 0) is 38.0 Å². The first kappa shape index (κ1) is 16.2. The summed E-state index contributed by atoms with van der Waals surface area (Å²) in [6.45, 7) is 5.46. The minimum absolute atomic E-state index is 0.139. The fourth-order valence-corrected chi connectivity index (χ4v) is 4.69. The van der Waals surface area contributed by atoms with Crippen molar-refractivity contribution >= 4 is 21.4 Å². The Morgan fingerprint density at radius 2 is 1.86 bits per heavy atom. The normalized spacial score (nSPS) is 13.3. The third kappa shape index (κ3) is 3.71. The highest BCUT2D eigenvalue weighted by atomic mass is 32.2. The van der Waals surface area contributed by atoms with Gasteiger partial charge in [0, 0.05) is 10.9 Å². The van der Waals surface area contributed by atoms with E-state index in [-0.39, 0.29) is 16.9 Å². The maximum atomic E-state index is 12.4. The highest BCUT2D eigenvalue weighted by Crippen LogP contribution is 2.27. The molecule has 4 nitrogen and oxygen atoms in total. The summed E-state index contributed by atoms with van der Waals surface area (Å²) >= 11 is 1.11. The number of aliphatic hydroxyl groups excluding tert-OH is 1. The predicted molar refractivity (Wildman–Crippen MR) is 84.9 cm³/mol. The number of aryl methyl sites for hydroxylation is 2. The number of rotatable bonds is 5. The third-order valence-corrected chi connectivity index (χ3v) is 6.55. The maximum Gasteiger partial charge on any atom is 0.250 e. The monoisotopic (exact) mass is 325 g/mol. The second-order valence-electron chi connectivity index (χ2n) is 5.08. The molecule has 0 aliphatic rings. The van der Waals surface area contributed by atoms with Gasteiger partial charge >= 0.3 is 0 Å². The van der Waals surface area contributed by atoms with Crippen molar-refractivity contribution in [1.29, 1.82) is 0 Å². The Hall–Kier alpha value is -1.21. The van der Waals surface area contributed by atoms with E-state index in [1.807, 2.05) is 38.1 Å². The molecule has 2 rings (SSSR count). The molecule has 0 radical (unpaired) electrons. The Morgan fingerprint density at radius 1 is 1.24 bits per heavy atom. The van der Waals surface area contributed by atoms with Crippen LogP contribution < -0.4 is 4.72 Å². The zero-order chi connectivity index (χ0) is 15.6. The van der Waals surface area contributed by atoms with Crippen molar-refractivity contribution in [3.8, 4) is 0 Å². The molecule has 2 aromatic rings. The van der Waals surface area contributed by atoms with Crippen molar-refractivity contribution < 1.29 is 13.5 Å². The topological polar surface area (TPSA) is 66.4 Å². The van der Waals surface area contributed by atoms with Gasteiger partial charge in [0.05, 0.1) is 6.61 Å². The van der Waals surface area contributed by atoms with Crippen LogP contribution in [-0.4, -0.2) is 13.5 Å². The van der Waals surface area contributed by atoms with E-state index < -0.39 is 10.0 Å². The summed E-state index contributed by atoms with van der Waals surface area (Å²) in [5, 5.41) is 9.18. The first-order chi connectivity index (χ1) is 9.83. The van der Waals surface area contributed by atoms with Gasteiger partial charge in [-0.3, -0.25) is 0 Å². The van der Waals surface area contributed by atoms with Crippen LogP contribution >= 0.6 is 11.3 Å². The van der Waals surface area contributed by atoms with E-state index in [0.717, 1.165) is 28.0 Å². The first-order valence-corrected chi connectivity index (χ1v) is 8.92. The summed E-state index contributed by atoms with van der Waals surface area (Å²) in [4.78, 5) is 0.679. The Kier molecular flexibility index (Phi) is 4.83. The van der Waals surface area contributed by atoms with Crippen LogP contribution in [0.2, 0.25) is 0 Å². The average molecular weight is 325 g/mol. The Labute approximate surface area is 129 Å². The van der Waals surface area contributed by atoms with Crippen LogP contribution in [0.15, 0.2) is 34.5 Å². The molecule has 2 N–H and O–H groups in total. The fourth-order valence-electron chi connectivity index (χ4n) is 1.99. The molecule has 1 aromatic heterocycles. The van der Waals surface area contributed by atoms with Crippen LogP contribution in [0.4, 0.5) is 0 Å². The van der Waals surface area contributed by atoms with E-state index in [2.05, 4.69) is 4.72 Å². The second-order valence-corrected chi connectivity index (χ2v) is 8.16. The fraction of sp³-hybridized carbons (Fsp3) is 0.333. The molecule has 0 aliphatic carbocycles. The summed E-state index contributed by atoms with van der Waals surface area (Å²) < 4.78 is 27.7. The van der Waals surface area contributed by atoms with E-state index in [9.17, 15) is 13.5 Å². The van der Waals surface area contributed by atoms with Crippen LogP contribution in [-0.2, 0) is 16.6 Å². The van der Waals surface area contributed by atoms with Gasteiger partial charge in [-0.1, -0.05) is 29.8 Å². The SMILES string of the molecule is Cc1ccc(C(C)NS(=O)(=O)c2cc(C)c(CO)s2)cc1. The maximum absolute atomic E-state index is 12.4. The van der Waals surface area contributed by atoms with Gasteiger partial charge in [0.1, 0.15) is 4.21 Å². The van der Waals surface area contributed by atoms with Crippen LogP contribution in [0, 0.1) is 13.8 Å². The first-order valence-electron chi connectivity index (χ1n) is 6.62. The lowest BCUT2D eigenvalue weighted by atomic mass is 10.1. The van der Waals surface area contributed by atoms with E-state index in [0.29, 0.717) is 4.88 Å². The number of hydrogen-bond donors (Lipinski definition) is 2. The number of thiophene rings is 1. The van der Waals surface area contributed by atoms with Gasteiger partial charge in [-0.15, -0.1) is 11.3 Å². The molecule has 1 atom stereocenters. The molecule has 1 unspecified atom stereocenters. The molecule has 0 saturated heterocycles. The summed E-state index contributed by atoms with van der Waals surface area (Å²) in [6.07, 6.45) is 0. The molecule has 0 saturated carbocycles. The molecule has 0 amide bonds. The van der Waals surface area contributed by atoms with Gasteiger partial charge in [-0.2, -0.15) is 0 Å². The Morgan fingerprint density at radius 3 is 2.38 bits per heavy atom. The Bertz CT molecular complexity index is 718. The molecule has 21 heavy (non-hydrogen) atoms. The zero-order valence-electron chi connectivity index (χ0n) is 12.3. The van der Waals surface area contributed by atoms with Gasteiger partial charge in [0.25, 0.3) is 10.0 Å². The summed E-state index contributed by atoms with van der Waals surface area (Å²) in [5.41, 5.74) is 2.85. The standard InChI is InChI=1S/C15H19NO3S2/c1-10-4-6-13(7-5-10)12(3)16-21(18,19)15-8-11(2)14(9-17)20-15/h4-8,12,16-17H,9H2,1-3H3. The second kappa shape index (κ2) is 6.27. The minimum atomic E-state index is -3.57. The van der Waals surface area contributed by atoms with Crippen molar-refractivity contribution in [2.45, 2.75) is 37.6 Å². The third-order valence-electron chi connectivity index (χ3n) is 3.32. The average Bonchev–Trinajstić information content (AvgIpc) is 2.81. The predicted octanol–water partition coefficient (Wildman–Crippen LogP) is 2.90. The van der Waals surface area contributed by atoms with Gasteiger partial charge < -0.3 is 5.11 Å². The van der Waals surface area contributed by atoms with Gasteiger partial charge in [0.15, 0.2) is 0 Å². The molecule has 1 aromatic carbocycles. The molecular formula is C15H19NO3S2. The largest absolute Gasteiger partial charge is 0.391 e. The molecule has 0 bridgehead atoms. The van der Waals surface area contributed by atoms with E-state index in [1.54, 1.807) is 13.0 Å². The van der Waals surface area contributed by atoms with Crippen LogP contribution in [0.3, 0.4) is 0 Å². The zero-order valence-corrected chi connectivity index (χ0v) is 13.9. The summed E-state index contributed by atoms with van der Waals surface area (Å²) in [7, 11) is -3.57. The molecule has 1 heterocycles. The molecular weight excluding hydrogens is 306 g/mol. The number of aliphatic hydroxyl groups is 1. The summed E-state index contributed by atoms with van der Waals surface area (Å²) in [6, 6.07) is 9.04. The lowest BCUT2D eigenvalue weighted by Gasteiger charge is -2.14. The quantitative estimate of drug-likeness (QED) is 0.888. The van der Waals surface area contributed by atoms with Crippen molar-refractivity contribution in [3.05, 3.63) is 51.9 Å². The van der Waals surface area contributed by atoms with Crippen LogP contribution in [0.1, 0.15) is 34.5 Å². The number of nitrogens with one attached hydrogen (secondary N) is 1. The Balaban J connectivity index is 2.22. The number of sulfonamides is 1. The molecule has 0 fully saturated rings. The van der Waals surface area contributed by atoms with Crippen LogP contribution in [0.5, 0.6) is 0 Å². The lowest BCUT2D eigenvalue weighted by molar-refractivity contribution is 0.285. The highest BCUT2D eigenvalue weighted by Gasteiger charge is 2.21. The van der Waals surface area contributed by atoms with E-state index in [1.165, 1.54) is 0 Å². The van der Waals surface area contributed by atoms with Gasteiger partial charge in [0.2, 0.25) is 0 Å². The molecule has 0 spiro atoms. The van der Waals surface area contributed by atoms with Crippen molar-refractivity contribution in [3.63, 3.8) is 0 Å². The summed E-state index contributed by atoms with van der Waals surface area (Å²) in [5.74, 6) is 0.